The van der Waals surface area contributed by atoms with Gasteiger partial charge in [0.1, 0.15) is 6.04 Å². The van der Waals surface area contributed by atoms with E-state index in [0.29, 0.717) is 5.75 Å². The zero-order valence-corrected chi connectivity index (χ0v) is 10.5. The minimum atomic E-state index is -0.336. The fraction of sp³-hybridized carbons (Fsp3) is 0.778. The summed E-state index contributed by atoms with van der Waals surface area (Å²) < 4.78 is 0. The second-order valence-corrected chi connectivity index (χ2v) is 4.82. The van der Waals surface area contributed by atoms with E-state index in [0.717, 1.165) is 25.9 Å². The molecule has 92 valence electrons. The first kappa shape index (κ1) is 13.6. The molecule has 2 aliphatic rings. The van der Waals surface area contributed by atoms with E-state index >= 15 is 0 Å². The van der Waals surface area contributed by atoms with E-state index in [9.17, 15) is 9.59 Å². The lowest BCUT2D eigenvalue weighted by Crippen LogP contribution is -2.49. The fourth-order valence-electron chi connectivity index (χ4n) is 1.79. The topological polar surface area (TPSA) is 70.2 Å². The Hall–Kier alpha value is -0.460. The average molecular weight is 266 g/mol. The molecule has 2 amide bonds. The van der Waals surface area contributed by atoms with Crippen molar-refractivity contribution in [3.05, 3.63) is 0 Å². The van der Waals surface area contributed by atoms with Gasteiger partial charge in [0.05, 0.1) is 0 Å². The maximum Gasteiger partial charge on any atom is 0.279 e. The number of hydrogen-bond donors (Lipinski definition) is 3. The SMILES string of the molecule is Cl.O=C1N[C@H](C(=O)NC2CCNCC2)CS1. The van der Waals surface area contributed by atoms with Gasteiger partial charge < -0.3 is 16.0 Å². The molecule has 0 unspecified atom stereocenters. The van der Waals surface area contributed by atoms with Crippen LogP contribution in [0.3, 0.4) is 0 Å². The molecule has 7 heteroatoms. The summed E-state index contributed by atoms with van der Waals surface area (Å²) in [6.45, 7) is 1.91. The molecule has 2 heterocycles. The summed E-state index contributed by atoms with van der Waals surface area (Å²) in [5.74, 6) is 0.510. The number of hydrogen-bond acceptors (Lipinski definition) is 4. The maximum atomic E-state index is 11.7. The summed E-state index contributed by atoms with van der Waals surface area (Å²) >= 11 is 1.17. The second kappa shape index (κ2) is 6.32. The molecule has 2 fully saturated rings. The van der Waals surface area contributed by atoms with Crippen molar-refractivity contribution in [2.45, 2.75) is 24.9 Å². The summed E-state index contributed by atoms with van der Waals surface area (Å²) in [6, 6.07) is -0.0707. The van der Waals surface area contributed by atoms with Crippen LogP contribution in [-0.2, 0) is 4.79 Å². The Morgan fingerprint density at radius 1 is 1.38 bits per heavy atom. The molecule has 1 atom stereocenters. The van der Waals surface area contributed by atoms with Crippen LogP contribution in [0, 0.1) is 0 Å². The van der Waals surface area contributed by atoms with Gasteiger partial charge in [-0.05, 0) is 25.9 Å². The normalized spacial score (nSPS) is 25.8. The van der Waals surface area contributed by atoms with E-state index in [1.165, 1.54) is 11.8 Å². The second-order valence-electron chi connectivity index (χ2n) is 3.83. The lowest BCUT2D eigenvalue weighted by molar-refractivity contribution is -0.123. The van der Waals surface area contributed by atoms with Gasteiger partial charge >= 0.3 is 0 Å². The summed E-state index contributed by atoms with van der Waals surface area (Å²) in [6.07, 6.45) is 1.94. The number of halogens is 1. The number of amides is 2. The van der Waals surface area contributed by atoms with Crippen LogP contribution < -0.4 is 16.0 Å². The number of carbonyl (C=O) groups excluding carboxylic acids is 2. The zero-order valence-electron chi connectivity index (χ0n) is 8.82. The van der Waals surface area contributed by atoms with Gasteiger partial charge in [0, 0.05) is 11.8 Å². The Morgan fingerprint density at radius 2 is 2.06 bits per heavy atom. The van der Waals surface area contributed by atoms with Crippen LogP contribution in [0.1, 0.15) is 12.8 Å². The molecule has 0 radical (unpaired) electrons. The van der Waals surface area contributed by atoms with E-state index in [4.69, 9.17) is 0 Å². The van der Waals surface area contributed by atoms with E-state index < -0.39 is 0 Å². The summed E-state index contributed by atoms with van der Waals surface area (Å²) in [7, 11) is 0. The molecular weight excluding hydrogens is 250 g/mol. The predicted molar refractivity (Wildman–Crippen MR) is 66.1 cm³/mol. The number of nitrogens with one attached hydrogen (secondary N) is 3. The van der Waals surface area contributed by atoms with Gasteiger partial charge in [-0.15, -0.1) is 12.4 Å². The molecule has 0 bridgehead atoms. The average Bonchev–Trinajstić information content (AvgIpc) is 2.66. The molecule has 16 heavy (non-hydrogen) atoms. The molecule has 0 aromatic heterocycles. The first-order valence-electron chi connectivity index (χ1n) is 5.20. The molecule has 2 saturated heterocycles. The summed E-state index contributed by atoms with van der Waals surface area (Å²) in [4.78, 5) is 22.6. The number of rotatable bonds is 2. The summed E-state index contributed by atoms with van der Waals surface area (Å²) in [5.41, 5.74) is 0. The van der Waals surface area contributed by atoms with E-state index in [1.54, 1.807) is 0 Å². The smallest absolute Gasteiger partial charge is 0.279 e. The van der Waals surface area contributed by atoms with Crippen molar-refractivity contribution in [1.29, 1.82) is 0 Å². The third-order valence-electron chi connectivity index (χ3n) is 2.68. The van der Waals surface area contributed by atoms with Crippen molar-refractivity contribution >= 4 is 35.3 Å². The molecule has 0 aromatic rings. The molecule has 0 aliphatic carbocycles. The molecule has 0 aromatic carbocycles. The van der Waals surface area contributed by atoms with Gasteiger partial charge in [0.15, 0.2) is 0 Å². The van der Waals surface area contributed by atoms with E-state index in [1.807, 2.05) is 0 Å². The molecule has 0 spiro atoms. The first-order chi connectivity index (χ1) is 7.25. The van der Waals surface area contributed by atoms with Gasteiger partial charge in [0.2, 0.25) is 5.91 Å². The highest BCUT2D eigenvalue weighted by Gasteiger charge is 2.29. The van der Waals surface area contributed by atoms with Crippen molar-refractivity contribution in [3.8, 4) is 0 Å². The Morgan fingerprint density at radius 3 is 2.62 bits per heavy atom. The van der Waals surface area contributed by atoms with Crippen LogP contribution in [-0.4, -0.2) is 42.1 Å². The molecule has 3 N–H and O–H groups in total. The molecule has 5 nitrogen and oxygen atoms in total. The fourth-order valence-corrected chi connectivity index (χ4v) is 2.57. The minimum Gasteiger partial charge on any atom is -0.351 e. The number of carbonyl (C=O) groups is 2. The van der Waals surface area contributed by atoms with Crippen LogP contribution in [0.2, 0.25) is 0 Å². The van der Waals surface area contributed by atoms with Crippen LogP contribution in [0.5, 0.6) is 0 Å². The van der Waals surface area contributed by atoms with Gasteiger partial charge in [-0.2, -0.15) is 0 Å². The molecule has 0 saturated carbocycles. The van der Waals surface area contributed by atoms with Crippen LogP contribution >= 0.6 is 24.2 Å². The van der Waals surface area contributed by atoms with Gasteiger partial charge in [-0.1, -0.05) is 11.8 Å². The first-order valence-corrected chi connectivity index (χ1v) is 6.18. The van der Waals surface area contributed by atoms with E-state index in [2.05, 4.69) is 16.0 Å². The highest BCUT2D eigenvalue weighted by atomic mass is 35.5. The van der Waals surface area contributed by atoms with Crippen molar-refractivity contribution in [1.82, 2.24) is 16.0 Å². The lowest BCUT2D eigenvalue weighted by Gasteiger charge is -2.24. The quantitative estimate of drug-likeness (QED) is 0.663. The van der Waals surface area contributed by atoms with E-state index in [-0.39, 0.29) is 35.6 Å². The largest absolute Gasteiger partial charge is 0.351 e. The number of thioether (sulfide) groups is 1. The minimum absolute atomic E-state index is 0. The lowest BCUT2D eigenvalue weighted by atomic mass is 10.1. The van der Waals surface area contributed by atoms with Crippen molar-refractivity contribution < 1.29 is 9.59 Å². The summed E-state index contributed by atoms with van der Waals surface area (Å²) in [5, 5.41) is 8.76. The predicted octanol–water partition coefficient (Wildman–Crippen LogP) is 0.101. The Bertz CT molecular complexity index is 271. The van der Waals surface area contributed by atoms with Gasteiger partial charge in [-0.3, -0.25) is 9.59 Å². The molecule has 2 rings (SSSR count). The Balaban J connectivity index is 0.00000128. The van der Waals surface area contributed by atoms with Crippen LogP contribution in [0.15, 0.2) is 0 Å². The van der Waals surface area contributed by atoms with Crippen molar-refractivity contribution in [3.63, 3.8) is 0 Å². The zero-order chi connectivity index (χ0) is 10.7. The van der Waals surface area contributed by atoms with Crippen LogP contribution in [0.25, 0.3) is 0 Å². The monoisotopic (exact) mass is 265 g/mol. The standard InChI is InChI=1S/C9H15N3O2S.ClH/c13-8(7-5-15-9(14)12-7)11-6-1-3-10-4-2-6;/h6-7,10H,1-5H2,(H,11,13)(H,12,14);1H/t7-;/m0./s1. The number of piperidine rings is 1. The highest BCUT2D eigenvalue weighted by Crippen LogP contribution is 2.13. The van der Waals surface area contributed by atoms with Crippen molar-refractivity contribution in [2.75, 3.05) is 18.8 Å². The third-order valence-corrected chi connectivity index (χ3v) is 3.56. The van der Waals surface area contributed by atoms with Crippen LogP contribution in [0.4, 0.5) is 4.79 Å². The third kappa shape index (κ3) is 3.54. The van der Waals surface area contributed by atoms with Gasteiger partial charge in [0.25, 0.3) is 5.24 Å². The maximum absolute atomic E-state index is 11.7. The highest BCUT2D eigenvalue weighted by molar-refractivity contribution is 8.14. The Kier molecular flexibility index (Phi) is 5.37. The van der Waals surface area contributed by atoms with Gasteiger partial charge in [-0.25, -0.2) is 0 Å². The molecule has 2 aliphatic heterocycles. The molecular formula is C9H16ClN3O2S. The van der Waals surface area contributed by atoms with Crippen molar-refractivity contribution in [2.24, 2.45) is 0 Å². The Labute approximate surface area is 105 Å².